The van der Waals surface area contributed by atoms with E-state index in [0.717, 1.165) is 12.8 Å². The molecule has 0 unspecified atom stereocenters. The fraction of sp³-hybridized carbons (Fsp3) is 0.900. The number of esters is 1. The van der Waals surface area contributed by atoms with Crippen molar-refractivity contribution in [1.29, 1.82) is 0 Å². The highest BCUT2D eigenvalue weighted by molar-refractivity contribution is 5.85. The van der Waals surface area contributed by atoms with Crippen LogP contribution in [0.15, 0.2) is 0 Å². The van der Waals surface area contributed by atoms with Gasteiger partial charge in [-0.1, -0.05) is 0 Å². The minimum atomic E-state index is -0.113. The number of methoxy groups -OCH3 is 1. The zero-order valence-corrected chi connectivity index (χ0v) is 9.31. The molecule has 0 radical (unpaired) electrons. The number of hydrogen-bond donors (Lipinski definition) is 1. The maximum absolute atomic E-state index is 11.4. The van der Waals surface area contributed by atoms with Gasteiger partial charge in [-0.2, -0.15) is 0 Å². The van der Waals surface area contributed by atoms with Crippen LogP contribution in [-0.4, -0.2) is 19.1 Å². The Morgan fingerprint density at radius 2 is 2.07 bits per heavy atom. The Morgan fingerprint density at radius 3 is 2.57 bits per heavy atom. The van der Waals surface area contributed by atoms with Crippen molar-refractivity contribution in [2.75, 3.05) is 7.11 Å². The molecule has 0 aromatic carbocycles. The van der Waals surface area contributed by atoms with Gasteiger partial charge in [-0.15, -0.1) is 12.4 Å². The molecular weight excluding hydrogens is 202 g/mol. The van der Waals surface area contributed by atoms with Gasteiger partial charge in [0.2, 0.25) is 0 Å². The van der Waals surface area contributed by atoms with E-state index in [4.69, 9.17) is 10.5 Å². The van der Waals surface area contributed by atoms with Crippen LogP contribution in [0.3, 0.4) is 0 Å². The number of carbonyl (C=O) groups is 1. The van der Waals surface area contributed by atoms with Crippen LogP contribution in [0.4, 0.5) is 0 Å². The van der Waals surface area contributed by atoms with Gasteiger partial charge < -0.3 is 10.5 Å². The minimum Gasteiger partial charge on any atom is -0.469 e. The number of halogens is 1. The molecule has 3 nitrogen and oxygen atoms in total. The Balaban J connectivity index is 0.000000980. The summed E-state index contributed by atoms with van der Waals surface area (Å²) in [6.45, 7) is 0. The largest absolute Gasteiger partial charge is 0.469 e. The molecule has 2 N–H and O–H groups in total. The monoisotopic (exact) mass is 219 g/mol. The smallest absolute Gasteiger partial charge is 0.310 e. The fourth-order valence-electron chi connectivity index (χ4n) is 2.43. The molecule has 0 aromatic rings. The number of carbonyl (C=O) groups excluding carboxylic acids is 1. The topological polar surface area (TPSA) is 52.3 Å². The minimum absolute atomic E-state index is 0. The summed E-state index contributed by atoms with van der Waals surface area (Å²) in [5, 5.41) is 0. The second kappa shape index (κ2) is 4.07. The van der Waals surface area contributed by atoms with Gasteiger partial charge in [0, 0.05) is 6.04 Å². The first-order valence-electron chi connectivity index (χ1n) is 5.00. The van der Waals surface area contributed by atoms with Gasteiger partial charge in [0.1, 0.15) is 0 Å². The van der Waals surface area contributed by atoms with E-state index in [9.17, 15) is 4.79 Å². The zero-order chi connectivity index (χ0) is 9.47. The van der Waals surface area contributed by atoms with Crippen molar-refractivity contribution in [1.82, 2.24) is 0 Å². The van der Waals surface area contributed by atoms with Crippen LogP contribution in [0, 0.1) is 11.3 Å². The van der Waals surface area contributed by atoms with Gasteiger partial charge in [0.25, 0.3) is 0 Å². The Kier molecular flexibility index (Phi) is 3.43. The van der Waals surface area contributed by atoms with Gasteiger partial charge in [0.05, 0.1) is 13.0 Å². The van der Waals surface area contributed by atoms with Crippen LogP contribution in [-0.2, 0) is 9.53 Å². The number of ether oxygens (including phenoxy) is 1. The van der Waals surface area contributed by atoms with Crippen molar-refractivity contribution in [3.8, 4) is 0 Å². The van der Waals surface area contributed by atoms with Gasteiger partial charge in [-0.25, -0.2) is 0 Å². The zero-order valence-electron chi connectivity index (χ0n) is 8.49. The molecule has 82 valence electrons. The summed E-state index contributed by atoms with van der Waals surface area (Å²) in [5.74, 6) is -0.153. The first-order chi connectivity index (χ1) is 6.17. The highest BCUT2D eigenvalue weighted by Gasteiger charge is 2.49. The highest BCUT2D eigenvalue weighted by Crippen LogP contribution is 2.57. The molecule has 0 aromatic heterocycles. The summed E-state index contributed by atoms with van der Waals surface area (Å²) < 4.78 is 4.76. The predicted molar refractivity (Wildman–Crippen MR) is 56.2 cm³/mol. The number of nitrogens with two attached hydrogens (primary N) is 1. The van der Waals surface area contributed by atoms with Crippen LogP contribution >= 0.6 is 12.4 Å². The number of hydrogen-bond acceptors (Lipinski definition) is 3. The number of rotatable bonds is 1. The van der Waals surface area contributed by atoms with E-state index < -0.39 is 0 Å². The van der Waals surface area contributed by atoms with E-state index in [1.165, 1.54) is 26.4 Å². The summed E-state index contributed by atoms with van der Waals surface area (Å²) in [5.41, 5.74) is 6.38. The third-order valence-corrected chi connectivity index (χ3v) is 3.64. The summed E-state index contributed by atoms with van der Waals surface area (Å²) >= 11 is 0. The standard InChI is InChI=1S/C10H17NO2.ClH/c1-13-9(12)7-6-10(4-5-10)3-2-8(7)11;/h7-8H,2-6,11H2,1H3;1H/t7-,8+;/m1./s1. The molecule has 0 bridgehead atoms. The molecule has 2 fully saturated rings. The molecule has 2 aliphatic carbocycles. The lowest BCUT2D eigenvalue weighted by Crippen LogP contribution is -2.41. The fourth-order valence-corrected chi connectivity index (χ4v) is 2.43. The van der Waals surface area contributed by atoms with Gasteiger partial charge in [0.15, 0.2) is 0 Å². The Labute approximate surface area is 90.8 Å². The third kappa shape index (κ3) is 2.04. The van der Waals surface area contributed by atoms with Crippen LogP contribution in [0.5, 0.6) is 0 Å². The highest BCUT2D eigenvalue weighted by atomic mass is 35.5. The van der Waals surface area contributed by atoms with E-state index in [2.05, 4.69) is 0 Å². The van der Waals surface area contributed by atoms with E-state index >= 15 is 0 Å². The second-order valence-electron chi connectivity index (χ2n) is 4.54. The molecule has 0 aliphatic heterocycles. The summed E-state index contributed by atoms with van der Waals surface area (Å²) in [6.07, 6.45) is 5.72. The molecule has 0 heterocycles. The maximum Gasteiger partial charge on any atom is 0.310 e. The normalized spacial score (nSPS) is 33.3. The molecule has 2 aliphatic rings. The van der Waals surface area contributed by atoms with Crippen LogP contribution in [0.2, 0.25) is 0 Å². The molecule has 4 heteroatoms. The van der Waals surface area contributed by atoms with Crippen molar-refractivity contribution >= 4 is 18.4 Å². The molecular formula is C10H18ClNO2. The molecule has 0 amide bonds. The summed E-state index contributed by atoms with van der Waals surface area (Å²) in [7, 11) is 1.45. The Hall–Kier alpha value is -0.280. The molecule has 1 spiro atoms. The lowest BCUT2D eigenvalue weighted by atomic mass is 9.76. The second-order valence-corrected chi connectivity index (χ2v) is 4.54. The molecule has 14 heavy (non-hydrogen) atoms. The van der Waals surface area contributed by atoms with Crippen molar-refractivity contribution in [3.05, 3.63) is 0 Å². The molecule has 0 saturated heterocycles. The van der Waals surface area contributed by atoms with Crippen LogP contribution in [0.1, 0.15) is 32.1 Å². The van der Waals surface area contributed by atoms with Crippen LogP contribution < -0.4 is 5.73 Å². The summed E-state index contributed by atoms with van der Waals surface area (Å²) in [4.78, 5) is 11.4. The maximum atomic E-state index is 11.4. The molecule has 2 atom stereocenters. The average molecular weight is 220 g/mol. The van der Waals surface area contributed by atoms with Crippen molar-refractivity contribution in [2.45, 2.75) is 38.1 Å². The van der Waals surface area contributed by atoms with Crippen molar-refractivity contribution in [2.24, 2.45) is 17.1 Å². The quantitative estimate of drug-likeness (QED) is 0.680. The lowest BCUT2D eigenvalue weighted by Gasteiger charge is -2.32. The first kappa shape index (κ1) is 11.8. The van der Waals surface area contributed by atoms with Crippen molar-refractivity contribution in [3.63, 3.8) is 0 Å². The third-order valence-electron chi connectivity index (χ3n) is 3.64. The Bertz CT molecular complexity index is 228. The first-order valence-corrected chi connectivity index (χ1v) is 5.00. The van der Waals surface area contributed by atoms with E-state index in [1.807, 2.05) is 0 Å². The molecule has 2 saturated carbocycles. The van der Waals surface area contributed by atoms with E-state index in [1.54, 1.807) is 0 Å². The van der Waals surface area contributed by atoms with Gasteiger partial charge in [-0.3, -0.25) is 4.79 Å². The summed E-state index contributed by atoms with van der Waals surface area (Å²) in [6, 6.07) is 0.0266. The van der Waals surface area contributed by atoms with E-state index in [-0.39, 0.29) is 30.3 Å². The van der Waals surface area contributed by atoms with Crippen molar-refractivity contribution < 1.29 is 9.53 Å². The van der Waals surface area contributed by atoms with Crippen LogP contribution in [0.25, 0.3) is 0 Å². The van der Waals surface area contributed by atoms with E-state index in [0.29, 0.717) is 5.41 Å². The lowest BCUT2D eigenvalue weighted by molar-refractivity contribution is -0.148. The Morgan fingerprint density at radius 1 is 1.43 bits per heavy atom. The van der Waals surface area contributed by atoms with Gasteiger partial charge in [-0.05, 0) is 37.5 Å². The van der Waals surface area contributed by atoms with Gasteiger partial charge >= 0.3 is 5.97 Å². The SMILES string of the molecule is COC(=O)[C@@H]1CC2(CC[C@@H]1N)CC2.Cl. The predicted octanol–water partition coefficient (Wildman–Crippen LogP) is 1.49. The average Bonchev–Trinajstić information content (AvgIpc) is 2.89. The molecule has 2 rings (SSSR count).